The molecule has 1 aromatic carbocycles. The first-order valence-corrected chi connectivity index (χ1v) is 6.53. The average molecular weight is 277 g/mol. The van der Waals surface area contributed by atoms with Crippen LogP contribution >= 0.6 is 0 Å². The van der Waals surface area contributed by atoms with Gasteiger partial charge in [0.25, 0.3) is 0 Å². The third-order valence-corrected chi connectivity index (χ3v) is 3.63. The van der Waals surface area contributed by atoms with Gasteiger partial charge in [0.2, 0.25) is 11.8 Å². The molecule has 1 aliphatic rings. The molecule has 2 amide bonds. The summed E-state index contributed by atoms with van der Waals surface area (Å²) in [6.07, 6.45) is 0.587. The first-order chi connectivity index (χ1) is 9.57. The van der Waals surface area contributed by atoms with Gasteiger partial charge >= 0.3 is 0 Å². The standard InChI is InChI=1S/C14H19N3O3/c15-12(19)11(7-18)17-13(20)14(8-16-9-14)6-10-4-2-1-3-5-10/h1-5,11,16,18H,6-9H2,(H2,15,19)(H,17,20)/t11-/m0/s1. The Labute approximate surface area is 117 Å². The van der Waals surface area contributed by atoms with E-state index in [1.54, 1.807) is 0 Å². The van der Waals surface area contributed by atoms with Gasteiger partial charge in [-0.25, -0.2) is 0 Å². The summed E-state index contributed by atoms with van der Waals surface area (Å²) in [7, 11) is 0. The molecule has 5 N–H and O–H groups in total. The molecule has 6 heteroatoms. The van der Waals surface area contributed by atoms with Gasteiger partial charge in [-0.3, -0.25) is 9.59 Å². The van der Waals surface area contributed by atoms with E-state index in [0.717, 1.165) is 5.56 Å². The average Bonchev–Trinajstić information content (AvgIpc) is 2.40. The summed E-state index contributed by atoms with van der Waals surface area (Å²) in [5.41, 5.74) is 5.60. The van der Waals surface area contributed by atoms with E-state index >= 15 is 0 Å². The number of primary amides is 1. The predicted octanol–water partition coefficient (Wildman–Crippen LogP) is -1.22. The van der Waals surface area contributed by atoms with Crippen LogP contribution in [-0.2, 0) is 16.0 Å². The van der Waals surface area contributed by atoms with Crippen molar-refractivity contribution in [3.05, 3.63) is 35.9 Å². The van der Waals surface area contributed by atoms with Crippen molar-refractivity contribution in [2.75, 3.05) is 19.7 Å². The second kappa shape index (κ2) is 6.02. The number of nitrogens with two attached hydrogens (primary N) is 1. The van der Waals surface area contributed by atoms with E-state index in [-0.39, 0.29) is 5.91 Å². The van der Waals surface area contributed by atoms with Gasteiger partial charge in [-0.15, -0.1) is 0 Å². The maximum absolute atomic E-state index is 12.4. The molecule has 2 rings (SSSR count). The normalized spacial score (nSPS) is 17.9. The highest BCUT2D eigenvalue weighted by atomic mass is 16.3. The topological polar surface area (TPSA) is 104 Å². The summed E-state index contributed by atoms with van der Waals surface area (Å²) in [5.74, 6) is -0.985. The Morgan fingerprint density at radius 2 is 2.00 bits per heavy atom. The van der Waals surface area contributed by atoms with E-state index in [4.69, 9.17) is 10.8 Å². The lowest BCUT2D eigenvalue weighted by Crippen LogP contribution is -2.64. The molecule has 0 unspecified atom stereocenters. The van der Waals surface area contributed by atoms with Crippen LogP contribution in [0.4, 0.5) is 0 Å². The molecule has 0 radical (unpaired) electrons. The summed E-state index contributed by atoms with van der Waals surface area (Å²) in [6, 6.07) is 8.66. The first-order valence-electron chi connectivity index (χ1n) is 6.53. The summed E-state index contributed by atoms with van der Waals surface area (Å²) in [5, 5.41) is 14.7. The van der Waals surface area contributed by atoms with Gasteiger partial charge in [0, 0.05) is 13.1 Å². The Kier molecular flexibility index (Phi) is 4.36. The van der Waals surface area contributed by atoms with Crippen LogP contribution in [0.2, 0.25) is 0 Å². The van der Waals surface area contributed by atoms with Crippen LogP contribution in [0.3, 0.4) is 0 Å². The Balaban J connectivity index is 2.07. The first kappa shape index (κ1) is 14.5. The van der Waals surface area contributed by atoms with Crippen molar-refractivity contribution in [3.63, 3.8) is 0 Å². The fraction of sp³-hybridized carbons (Fsp3) is 0.429. The zero-order valence-electron chi connectivity index (χ0n) is 11.1. The highest BCUT2D eigenvalue weighted by Gasteiger charge is 2.45. The highest BCUT2D eigenvalue weighted by Crippen LogP contribution is 2.28. The van der Waals surface area contributed by atoms with Crippen molar-refractivity contribution in [1.29, 1.82) is 0 Å². The minimum absolute atomic E-state index is 0.252. The number of rotatable bonds is 6. The number of amides is 2. The molecular weight excluding hydrogens is 258 g/mol. The molecule has 0 saturated carbocycles. The minimum Gasteiger partial charge on any atom is -0.394 e. The SMILES string of the molecule is NC(=O)[C@H](CO)NC(=O)C1(Cc2ccccc2)CNC1. The Hall–Kier alpha value is -1.92. The van der Waals surface area contributed by atoms with Crippen LogP contribution in [0, 0.1) is 5.41 Å². The number of aliphatic hydroxyl groups is 1. The van der Waals surface area contributed by atoms with Crippen molar-refractivity contribution >= 4 is 11.8 Å². The number of hydrogen-bond donors (Lipinski definition) is 4. The largest absolute Gasteiger partial charge is 0.394 e. The molecule has 108 valence electrons. The van der Waals surface area contributed by atoms with E-state index in [2.05, 4.69) is 10.6 Å². The van der Waals surface area contributed by atoms with Gasteiger partial charge < -0.3 is 21.5 Å². The fourth-order valence-electron chi connectivity index (χ4n) is 2.30. The van der Waals surface area contributed by atoms with Gasteiger partial charge in [-0.1, -0.05) is 30.3 Å². The van der Waals surface area contributed by atoms with Crippen LogP contribution in [0.15, 0.2) is 30.3 Å². The quantitative estimate of drug-likeness (QED) is 0.523. The molecule has 1 fully saturated rings. The van der Waals surface area contributed by atoms with Crippen LogP contribution < -0.4 is 16.4 Å². The number of benzene rings is 1. The van der Waals surface area contributed by atoms with Crippen LogP contribution in [-0.4, -0.2) is 42.7 Å². The second-order valence-electron chi connectivity index (χ2n) is 5.16. The van der Waals surface area contributed by atoms with E-state index in [1.807, 2.05) is 30.3 Å². The predicted molar refractivity (Wildman–Crippen MR) is 73.7 cm³/mol. The number of carbonyl (C=O) groups excluding carboxylic acids is 2. The van der Waals surface area contributed by atoms with E-state index < -0.39 is 24.0 Å². The molecule has 1 aliphatic heterocycles. The highest BCUT2D eigenvalue weighted by molar-refractivity contribution is 5.90. The molecule has 0 bridgehead atoms. The monoisotopic (exact) mass is 277 g/mol. The molecule has 0 aliphatic carbocycles. The number of carbonyl (C=O) groups is 2. The smallest absolute Gasteiger partial charge is 0.242 e. The number of aliphatic hydroxyl groups excluding tert-OH is 1. The molecule has 1 aromatic rings. The van der Waals surface area contributed by atoms with Crippen LogP contribution in [0.5, 0.6) is 0 Å². The van der Waals surface area contributed by atoms with Gasteiger partial charge in [0.15, 0.2) is 0 Å². The lowest BCUT2D eigenvalue weighted by Gasteiger charge is -2.41. The third-order valence-electron chi connectivity index (χ3n) is 3.63. The van der Waals surface area contributed by atoms with E-state index in [0.29, 0.717) is 19.5 Å². The van der Waals surface area contributed by atoms with Crippen molar-refractivity contribution in [1.82, 2.24) is 10.6 Å². The van der Waals surface area contributed by atoms with E-state index in [9.17, 15) is 9.59 Å². The van der Waals surface area contributed by atoms with Gasteiger partial charge in [-0.2, -0.15) is 0 Å². The Morgan fingerprint density at radius 3 is 2.45 bits per heavy atom. The molecule has 20 heavy (non-hydrogen) atoms. The zero-order chi connectivity index (χ0) is 14.6. The molecule has 0 aromatic heterocycles. The van der Waals surface area contributed by atoms with Gasteiger partial charge in [0.05, 0.1) is 12.0 Å². The molecule has 1 heterocycles. The summed E-state index contributed by atoms with van der Waals surface area (Å²) >= 11 is 0. The second-order valence-corrected chi connectivity index (χ2v) is 5.16. The molecule has 1 atom stereocenters. The minimum atomic E-state index is -1.03. The van der Waals surface area contributed by atoms with Crippen LogP contribution in [0.25, 0.3) is 0 Å². The molecule has 0 spiro atoms. The lowest BCUT2D eigenvalue weighted by molar-refractivity contribution is -0.137. The number of nitrogens with one attached hydrogen (secondary N) is 2. The summed E-state index contributed by atoms with van der Waals surface area (Å²) < 4.78 is 0. The maximum atomic E-state index is 12.4. The lowest BCUT2D eigenvalue weighted by atomic mass is 9.75. The maximum Gasteiger partial charge on any atom is 0.242 e. The van der Waals surface area contributed by atoms with Crippen LogP contribution in [0.1, 0.15) is 5.56 Å². The van der Waals surface area contributed by atoms with Crippen molar-refractivity contribution in [3.8, 4) is 0 Å². The molecular formula is C14H19N3O3. The van der Waals surface area contributed by atoms with Crippen molar-refractivity contribution in [2.24, 2.45) is 11.1 Å². The van der Waals surface area contributed by atoms with E-state index in [1.165, 1.54) is 0 Å². The van der Waals surface area contributed by atoms with Crippen molar-refractivity contribution in [2.45, 2.75) is 12.5 Å². The molecule has 6 nitrogen and oxygen atoms in total. The summed E-state index contributed by atoms with van der Waals surface area (Å²) in [6.45, 7) is 0.602. The Morgan fingerprint density at radius 1 is 1.35 bits per heavy atom. The fourth-order valence-corrected chi connectivity index (χ4v) is 2.30. The van der Waals surface area contributed by atoms with Gasteiger partial charge in [0.1, 0.15) is 6.04 Å². The van der Waals surface area contributed by atoms with Gasteiger partial charge in [-0.05, 0) is 12.0 Å². The zero-order valence-corrected chi connectivity index (χ0v) is 11.1. The van der Waals surface area contributed by atoms with Crippen molar-refractivity contribution < 1.29 is 14.7 Å². The Bertz CT molecular complexity index is 486. The number of hydrogen-bond acceptors (Lipinski definition) is 4. The summed E-state index contributed by atoms with van der Waals surface area (Å²) in [4.78, 5) is 23.4. The molecule has 1 saturated heterocycles. The third kappa shape index (κ3) is 2.97.